The summed E-state index contributed by atoms with van der Waals surface area (Å²) in [5.41, 5.74) is 6.47. The van der Waals surface area contributed by atoms with Crippen LogP contribution in [0.1, 0.15) is 36.8 Å². The van der Waals surface area contributed by atoms with E-state index in [1.165, 1.54) is 48.1 Å². The Kier molecular flexibility index (Phi) is 7.20. The largest absolute Gasteiger partial charge is 0.367 e. The highest BCUT2D eigenvalue weighted by Crippen LogP contribution is 2.28. The van der Waals surface area contributed by atoms with E-state index in [4.69, 9.17) is 4.98 Å². The lowest BCUT2D eigenvalue weighted by Crippen LogP contribution is -2.44. The molecule has 1 aromatic carbocycles. The van der Waals surface area contributed by atoms with Gasteiger partial charge in [0.2, 0.25) is 0 Å². The summed E-state index contributed by atoms with van der Waals surface area (Å²) < 4.78 is 2.24. The third-order valence-electron chi connectivity index (χ3n) is 6.44. The second kappa shape index (κ2) is 10.2. The Bertz CT molecular complexity index is 962. The van der Waals surface area contributed by atoms with Crippen molar-refractivity contribution in [3.8, 4) is 0 Å². The number of piperazine rings is 1. The van der Waals surface area contributed by atoms with Gasteiger partial charge in [-0.25, -0.2) is 4.98 Å². The summed E-state index contributed by atoms with van der Waals surface area (Å²) in [5.74, 6) is 1.11. The number of aryl methyl sites for hydroxylation is 3. The van der Waals surface area contributed by atoms with E-state index in [-0.39, 0.29) is 0 Å². The van der Waals surface area contributed by atoms with Crippen LogP contribution in [-0.4, -0.2) is 59.2 Å². The minimum Gasteiger partial charge on any atom is -0.367 e. The van der Waals surface area contributed by atoms with Gasteiger partial charge in [-0.2, -0.15) is 0 Å². The fourth-order valence-electron chi connectivity index (χ4n) is 4.53. The molecule has 1 saturated heterocycles. The van der Waals surface area contributed by atoms with Gasteiger partial charge in [-0.1, -0.05) is 19.1 Å². The number of hydrogen-bond acceptors (Lipinski definition) is 5. The minimum atomic E-state index is 0.823. The van der Waals surface area contributed by atoms with Crippen LogP contribution in [0.2, 0.25) is 0 Å². The molecule has 3 aromatic rings. The first-order valence-electron chi connectivity index (χ1n) is 11.7. The van der Waals surface area contributed by atoms with Crippen molar-refractivity contribution in [1.82, 2.24) is 24.8 Å². The van der Waals surface area contributed by atoms with E-state index in [1.54, 1.807) is 0 Å². The van der Waals surface area contributed by atoms with Crippen LogP contribution in [0.5, 0.6) is 0 Å². The van der Waals surface area contributed by atoms with Gasteiger partial charge in [0.05, 0.1) is 23.3 Å². The van der Waals surface area contributed by atoms with Crippen LogP contribution in [0.3, 0.4) is 0 Å². The van der Waals surface area contributed by atoms with Crippen molar-refractivity contribution in [2.75, 3.05) is 44.7 Å². The molecule has 6 nitrogen and oxygen atoms in total. The van der Waals surface area contributed by atoms with Crippen molar-refractivity contribution in [1.29, 1.82) is 0 Å². The van der Waals surface area contributed by atoms with Crippen LogP contribution in [-0.2, 0) is 26.4 Å². The number of fused-ring (bicyclic) bond motifs is 2. The van der Waals surface area contributed by atoms with E-state index in [0.717, 1.165) is 50.6 Å². The fourth-order valence-corrected chi connectivity index (χ4v) is 4.53. The van der Waals surface area contributed by atoms with Gasteiger partial charge in [0, 0.05) is 45.1 Å². The van der Waals surface area contributed by atoms with Crippen LogP contribution in [0.25, 0.3) is 11.0 Å². The van der Waals surface area contributed by atoms with Gasteiger partial charge in [-0.3, -0.25) is 4.98 Å². The summed E-state index contributed by atoms with van der Waals surface area (Å²) in [5, 5.41) is 3.37. The molecule has 1 aliphatic carbocycles. The molecule has 1 N–H and O–H groups in total. The number of rotatable bonds is 4. The SMILES string of the molecule is CCNCc1nc2cccc(N3CCN(C)CC3)c2n1C.c1cnc2c(c1)CCCC2. The van der Waals surface area contributed by atoms with Crippen LogP contribution >= 0.6 is 0 Å². The molecule has 0 amide bonds. The molecule has 31 heavy (non-hydrogen) atoms. The Hall–Kier alpha value is -2.44. The van der Waals surface area contributed by atoms with E-state index in [9.17, 15) is 0 Å². The number of nitrogens with zero attached hydrogens (tertiary/aromatic N) is 5. The van der Waals surface area contributed by atoms with Crippen molar-refractivity contribution in [2.24, 2.45) is 7.05 Å². The molecule has 0 unspecified atom stereocenters. The highest BCUT2D eigenvalue weighted by molar-refractivity contribution is 5.89. The maximum Gasteiger partial charge on any atom is 0.123 e. The van der Waals surface area contributed by atoms with Crippen LogP contribution in [0, 0.1) is 0 Å². The molecule has 0 radical (unpaired) electrons. The van der Waals surface area contributed by atoms with Crippen molar-refractivity contribution < 1.29 is 0 Å². The summed E-state index contributed by atoms with van der Waals surface area (Å²) in [6.45, 7) is 8.33. The Balaban J connectivity index is 0.000000192. The predicted molar refractivity (Wildman–Crippen MR) is 129 cm³/mol. The number of para-hydroxylation sites is 1. The molecule has 1 aliphatic heterocycles. The topological polar surface area (TPSA) is 49.2 Å². The monoisotopic (exact) mass is 420 g/mol. The number of aromatic nitrogens is 3. The summed E-state index contributed by atoms with van der Waals surface area (Å²) in [6, 6.07) is 10.7. The number of pyridine rings is 1. The first-order valence-corrected chi connectivity index (χ1v) is 11.7. The lowest BCUT2D eigenvalue weighted by atomic mass is 9.96. The zero-order valence-electron chi connectivity index (χ0n) is 19.3. The smallest absolute Gasteiger partial charge is 0.123 e. The van der Waals surface area contributed by atoms with Gasteiger partial charge in [0.1, 0.15) is 5.82 Å². The zero-order valence-corrected chi connectivity index (χ0v) is 19.3. The van der Waals surface area contributed by atoms with Crippen LogP contribution in [0.4, 0.5) is 5.69 Å². The van der Waals surface area contributed by atoms with Gasteiger partial charge in [0.15, 0.2) is 0 Å². The fraction of sp³-hybridized carbons (Fsp3) is 0.520. The van der Waals surface area contributed by atoms with Gasteiger partial charge < -0.3 is 19.7 Å². The van der Waals surface area contributed by atoms with Gasteiger partial charge in [-0.15, -0.1) is 0 Å². The van der Waals surface area contributed by atoms with Crippen molar-refractivity contribution >= 4 is 16.7 Å². The number of imidazole rings is 1. The zero-order chi connectivity index (χ0) is 21.6. The molecule has 0 bridgehead atoms. The molecule has 1 fully saturated rings. The maximum atomic E-state index is 4.78. The normalized spacial score (nSPS) is 16.7. The van der Waals surface area contributed by atoms with Gasteiger partial charge >= 0.3 is 0 Å². The average Bonchev–Trinajstić information content (AvgIpc) is 3.14. The third-order valence-corrected chi connectivity index (χ3v) is 6.44. The molecular weight excluding hydrogens is 384 g/mol. The third kappa shape index (κ3) is 5.08. The van der Waals surface area contributed by atoms with E-state index >= 15 is 0 Å². The van der Waals surface area contributed by atoms with Crippen LogP contribution < -0.4 is 10.2 Å². The lowest BCUT2D eigenvalue weighted by Gasteiger charge is -2.34. The summed E-state index contributed by atoms with van der Waals surface area (Å²) in [6.07, 6.45) is 6.99. The molecule has 166 valence electrons. The molecule has 6 heteroatoms. The van der Waals surface area contributed by atoms with E-state index in [1.807, 2.05) is 12.3 Å². The maximum absolute atomic E-state index is 4.78. The Morgan fingerprint density at radius 3 is 2.55 bits per heavy atom. The van der Waals surface area contributed by atoms with E-state index in [0.29, 0.717) is 0 Å². The first-order chi connectivity index (χ1) is 15.2. The average molecular weight is 421 g/mol. The van der Waals surface area contributed by atoms with Crippen molar-refractivity contribution in [3.05, 3.63) is 53.6 Å². The Labute approximate surface area is 186 Å². The quantitative estimate of drug-likeness (QED) is 0.701. The Morgan fingerprint density at radius 2 is 1.77 bits per heavy atom. The number of likely N-dealkylation sites (N-methyl/N-ethyl adjacent to an activating group) is 1. The molecule has 2 aromatic heterocycles. The van der Waals surface area contributed by atoms with Gasteiger partial charge in [-0.05, 0) is 63.0 Å². The second-order valence-corrected chi connectivity index (χ2v) is 8.62. The molecular formula is C25H36N6. The summed E-state index contributed by atoms with van der Waals surface area (Å²) in [7, 11) is 4.32. The number of hydrogen-bond donors (Lipinski definition) is 1. The van der Waals surface area contributed by atoms with Gasteiger partial charge in [0.25, 0.3) is 0 Å². The van der Waals surface area contributed by atoms with E-state index in [2.05, 4.69) is 70.0 Å². The highest BCUT2D eigenvalue weighted by Gasteiger charge is 2.19. The van der Waals surface area contributed by atoms with Crippen molar-refractivity contribution in [3.63, 3.8) is 0 Å². The molecule has 0 saturated carbocycles. The minimum absolute atomic E-state index is 0.823. The molecule has 0 spiro atoms. The first kappa shape index (κ1) is 21.8. The number of anilines is 1. The highest BCUT2D eigenvalue weighted by atomic mass is 15.3. The summed E-state index contributed by atoms with van der Waals surface area (Å²) >= 11 is 0. The van der Waals surface area contributed by atoms with E-state index < -0.39 is 0 Å². The molecule has 2 aliphatic rings. The van der Waals surface area contributed by atoms with Crippen molar-refractivity contribution in [2.45, 2.75) is 39.2 Å². The number of benzene rings is 1. The molecule has 5 rings (SSSR count). The Morgan fingerprint density at radius 1 is 0.968 bits per heavy atom. The molecule has 0 atom stereocenters. The number of nitrogens with one attached hydrogen (secondary N) is 1. The summed E-state index contributed by atoms with van der Waals surface area (Å²) in [4.78, 5) is 14.0. The standard InChI is InChI=1S/C16H25N5.C9H11N/c1-4-17-12-15-18-13-6-5-7-14(16(13)20(15)3)21-10-8-19(2)9-11-21;1-2-6-9-8(4-1)5-3-7-10-9/h5-7,17H,4,8-12H2,1-3H3;3,5,7H,1-2,4,6H2. The predicted octanol–water partition coefficient (Wildman–Crippen LogP) is 3.40. The second-order valence-electron chi connectivity index (χ2n) is 8.62. The lowest BCUT2D eigenvalue weighted by molar-refractivity contribution is 0.313. The van der Waals surface area contributed by atoms with Crippen LogP contribution in [0.15, 0.2) is 36.5 Å². The molecule has 3 heterocycles.